The maximum absolute atomic E-state index is 5.53. The fourth-order valence-electron chi connectivity index (χ4n) is 3.04. The minimum atomic E-state index is 0.635. The molecule has 2 rings (SSSR count). The number of nitrogens with one attached hydrogen (secondary N) is 1. The van der Waals surface area contributed by atoms with Crippen LogP contribution in [0, 0.1) is 11.8 Å². The van der Waals surface area contributed by atoms with Crippen LogP contribution in [0.5, 0.6) is 0 Å². The molecule has 2 saturated heterocycles. The van der Waals surface area contributed by atoms with Crippen molar-refractivity contribution in [2.45, 2.75) is 39.2 Å². The van der Waals surface area contributed by atoms with Crippen LogP contribution < -0.4 is 5.32 Å². The maximum atomic E-state index is 5.53. The molecule has 2 aliphatic heterocycles. The van der Waals surface area contributed by atoms with E-state index in [0.717, 1.165) is 31.6 Å². The molecular formula is C14H28N2O. The van der Waals surface area contributed by atoms with Crippen LogP contribution in [0.15, 0.2) is 0 Å². The van der Waals surface area contributed by atoms with Crippen LogP contribution in [0.3, 0.4) is 0 Å². The highest BCUT2D eigenvalue weighted by Gasteiger charge is 2.27. The summed E-state index contributed by atoms with van der Waals surface area (Å²) in [6.45, 7) is 11.4. The van der Waals surface area contributed by atoms with Crippen molar-refractivity contribution in [3.63, 3.8) is 0 Å². The van der Waals surface area contributed by atoms with Crippen LogP contribution in [0.25, 0.3) is 0 Å². The molecule has 0 radical (unpaired) electrons. The van der Waals surface area contributed by atoms with E-state index in [0.29, 0.717) is 6.04 Å². The summed E-state index contributed by atoms with van der Waals surface area (Å²) in [5.41, 5.74) is 0. The molecule has 0 aromatic rings. The summed E-state index contributed by atoms with van der Waals surface area (Å²) >= 11 is 0. The highest BCUT2D eigenvalue weighted by atomic mass is 16.5. The zero-order valence-corrected chi connectivity index (χ0v) is 11.5. The second-order valence-electron chi connectivity index (χ2n) is 5.77. The molecule has 0 aromatic heterocycles. The van der Waals surface area contributed by atoms with Gasteiger partial charge in [0.1, 0.15) is 0 Å². The quantitative estimate of drug-likeness (QED) is 0.792. The number of piperidine rings is 1. The number of likely N-dealkylation sites (tertiary alicyclic amines) is 1. The Morgan fingerprint density at radius 2 is 2.06 bits per heavy atom. The van der Waals surface area contributed by atoms with Crippen LogP contribution in [0.2, 0.25) is 0 Å². The lowest BCUT2D eigenvalue weighted by atomic mass is 9.95. The Labute approximate surface area is 106 Å². The highest BCUT2D eigenvalue weighted by Crippen LogP contribution is 2.21. The SMILES string of the molecule is CCNC(CN1CCC(C)CC1)C1CCOC1. The fourth-order valence-corrected chi connectivity index (χ4v) is 3.04. The van der Waals surface area contributed by atoms with Gasteiger partial charge in [0.2, 0.25) is 0 Å². The summed E-state index contributed by atoms with van der Waals surface area (Å²) in [5, 5.41) is 3.66. The summed E-state index contributed by atoms with van der Waals surface area (Å²) in [6, 6.07) is 0.635. The van der Waals surface area contributed by atoms with E-state index in [9.17, 15) is 0 Å². The van der Waals surface area contributed by atoms with Gasteiger partial charge < -0.3 is 15.0 Å². The van der Waals surface area contributed by atoms with Crippen LogP contribution in [0.1, 0.15) is 33.1 Å². The number of rotatable bonds is 5. The first kappa shape index (κ1) is 13.3. The molecular weight excluding hydrogens is 212 g/mol. The second kappa shape index (κ2) is 6.72. The maximum Gasteiger partial charge on any atom is 0.0510 e. The van der Waals surface area contributed by atoms with Crippen molar-refractivity contribution in [1.29, 1.82) is 0 Å². The van der Waals surface area contributed by atoms with E-state index in [-0.39, 0.29) is 0 Å². The Kier molecular flexibility index (Phi) is 5.26. The van der Waals surface area contributed by atoms with Gasteiger partial charge in [-0.05, 0) is 44.8 Å². The predicted octanol–water partition coefficient (Wildman–Crippen LogP) is 1.73. The van der Waals surface area contributed by atoms with Crippen LogP contribution in [-0.4, -0.2) is 50.3 Å². The predicted molar refractivity (Wildman–Crippen MR) is 71.2 cm³/mol. The smallest absolute Gasteiger partial charge is 0.0510 e. The van der Waals surface area contributed by atoms with E-state index >= 15 is 0 Å². The molecule has 17 heavy (non-hydrogen) atoms. The summed E-state index contributed by atoms with van der Waals surface area (Å²) in [6.07, 6.45) is 3.99. The molecule has 3 heteroatoms. The average molecular weight is 240 g/mol. The standard InChI is InChI=1S/C14H28N2O/c1-3-15-14(13-6-9-17-11-13)10-16-7-4-12(2)5-8-16/h12-15H,3-11H2,1-2H3. The normalized spacial score (nSPS) is 29.6. The Morgan fingerprint density at radius 1 is 1.29 bits per heavy atom. The summed E-state index contributed by atoms with van der Waals surface area (Å²) in [7, 11) is 0. The Bertz CT molecular complexity index is 208. The lowest BCUT2D eigenvalue weighted by Gasteiger charge is -2.35. The minimum absolute atomic E-state index is 0.635. The van der Waals surface area contributed by atoms with E-state index in [1.54, 1.807) is 0 Å². The van der Waals surface area contributed by atoms with Gasteiger partial charge in [-0.3, -0.25) is 0 Å². The van der Waals surface area contributed by atoms with Crippen LogP contribution in [0.4, 0.5) is 0 Å². The second-order valence-corrected chi connectivity index (χ2v) is 5.77. The molecule has 3 nitrogen and oxygen atoms in total. The van der Waals surface area contributed by atoms with Crippen molar-refractivity contribution in [3.8, 4) is 0 Å². The molecule has 2 atom stereocenters. The summed E-state index contributed by atoms with van der Waals surface area (Å²) < 4.78 is 5.53. The molecule has 2 aliphatic rings. The molecule has 2 unspecified atom stereocenters. The van der Waals surface area contributed by atoms with Crippen molar-refractivity contribution < 1.29 is 4.74 Å². The van der Waals surface area contributed by atoms with Gasteiger partial charge in [0.05, 0.1) is 6.61 Å². The molecule has 100 valence electrons. The molecule has 0 aliphatic carbocycles. The number of hydrogen-bond donors (Lipinski definition) is 1. The van der Waals surface area contributed by atoms with Gasteiger partial charge in [0.15, 0.2) is 0 Å². The van der Waals surface area contributed by atoms with Crippen molar-refractivity contribution >= 4 is 0 Å². The van der Waals surface area contributed by atoms with Gasteiger partial charge in [-0.2, -0.15) is 0 Å². The number of nitrogens with zero attached hydrogens (tertiary/aromatic N) is 1. The van der Waals surface area contributed by atoms with Crippen molar-refractivity contribution in [1.82, 2.24) is 10.2 Å². The van der Waals surface area contributed by atoms with E-state index < -0.39 is 0 Å². The summed E-state index contributed by atoms with van der Waals surface area (Å²) in [5.74, 6) is 1.66. The van der Waals surface area contributed by atoms with E-state index in [4.69, 9.17) is 4.74 Å². The Balaban J connectivity index is 1.79. The molecule has 0 bridgehead atoms. The van der Waals surface area contributed by atoms with Gasteiger partial charge in [0, 0.05) is 25.1 Å². The van der Waals surface area contributed by atoms with E-state index in [1.807, 2.05) is 0 Å². The first-order chi connectivity index (χ1) is 8.29. The van der Waals surface area contributed by atoms with Crippen LogP contribution in [-0.2, 0) is 4.74 Å². The number of likely N-dealkylation sites (N-methyl/N-ethyl adjacent to an activating group) is 1. The summed E-state index contributed by atoms with van der Waals surface area (Å²) in [4.78, 5) is 2.64. The Morgan fingerprint density at radius 3 is 2.65 bits per heavy atom. The van der Waals surface area contributed by atoms with Crippen molar-refractivity contribution in [2.75, 3.05) is 39.4 Å². The van der Waals surface area contributed by atoms with E-state index in [2.05, 4.69) is 24.1 Å². The zero-order chi connectivity index (χ0) is 12.1. The van der Waals surface area contributed by atoms with E-state index in [1.165, 1.54) is 38.9 Å². The third kappa shape index (κ3) is 3.94. The molecule has 2 heterocycles. The van der Waals surface area contributed by atoms with Crippen molar-refractivity contribution in [3.05, 3.63) is 0 Å². The van der Waals surface area contributed by atoms with Gasteiger partial charge in [-0.1, -0.05) is 13.8 Å². The lowest BCUT2D eigenvalue weighted by molar-refractivity contribution is 0.141. The Hall–Kier alpha value is -0.120. The third-order valence-corrected chi connectivity index (χ3v) is 4.33. The number of ether oxygens (including phenoxy) is 1. The van der Waals surface area contributed by atoms with Gasteiger partial charge >= 0.3 is 0 Å². The lowest BCUT2D eigenvalue weighted by Crippen LogP contribution is -2.47. The number of hydrogen-bond acceptors (Lipinski definition) is 3. The topological polar surface area (TPSA) is 24.5 Å². The third-order valence-electron chi connectivity index (χ3n) is 4.33. The monoisotopic (exact) mass is 240 g/mol. The fraction of sp³-hybridized carbons (Fsp3) is 1.00. The first-order valence-corrected chi connectivity index (χ1v) is 7.33. The molecule has 2 fully saturated rings. The molecule has 1 N–H and O–H groups in total. The molecule has 0 saturated carbocycles. The van der Waals surface area contributed by atoms with Crippen molar-refractivity contribution in [2.24, 2.45) is 11.8 Å². The highest BCUT2D eigenvalue weighted by molar-refractivity contribution is 4.83. The van der Waals surface area contributed by atoms with Gasteiger partial charge in [-0.15, -0.1) is 0 Å². The molecule has 0 aromatic carbocycles. The largest absolute Gasteiger partial charge is 0.381 e. The molecule has 0 spiro atoms. The zero-order valence-electron chi connectivity index (χ0n) is 11.5. The van der Waals surface area contributed by atoms with Gasteiger partial charge in [-0.25, -0.2) is 0 Å². The minimum Gasteiger partial charge on any atom is -0.381 e. The molecule has 0 amide bonds. The van der Waals surface area contributed by atoms with Gasteiger partial charge in [0.25, 0.3) is 0 Å². The first-order valence-electron chi connectivity index (χ1n) is 7.33. The average Bonchev–Trinajstić information content (AvgIpc) is 2.85. The van der Waals surface area contributed by atoms with Crippen LogP contribution >= 0.6 is 0 Å².